The smallest absolute Gasteiger partial charge is 0.336 e. The third-order valence-electron chi connectivity index (χ3n) is 8.82. The highest BCUT2D eigenvalue weighted by molar-refractivity contribution is 6.42. The van der Waals surface area contributed by atoms with Crippen molar-refractivity contribution in [2.45, 2.75) is 59.5 Å². The van der Waals surface area contributed by atoms with Crippen molar-refractivity contribution in [2.24, 2.45) is 0 Å². The van der Waals surface area contributed by atoms with Crippen molar-refractivity contribution in [3.63, 3.8) is 0 Å². The van der Waals surface area contributed by atoms with Crippen LogP contribution in [0.5, 0.6) is 11.5 Å². The molecule has 0 atom stereocenters. The molecule has 0 saturated carbocycles. The largest absolute Gasteiger partial charge is 0.478 e. The number of carbonyl (C=O) groups is 1. The molecule has 5 nitrogen and oxygen atoms in total. The second kappa shape index (κ2) is 9.75. The normalized spacial score (nSPS) is 17.5. The van der Waals surface area contributed by atoms with Gasteiger partial charge in [0.15, 0.2) is 5.54 Å². The molecule has 0 amide bonds. The molecule has 0 aromatic heterocycles. The van der Waals surface area contributed by atoms with Crippen molar-refractivity contribution < 1.29 is 14.6 Å². The summed E-state index contributed by atoms with van der Waals surface area (Å²) in [6.07, 6.45) is 6.63. The van der Waals surface area contributed by atoms with E-state index in [1.54, 1.807) is 6.07 Å². The Hall–Kier alpha value is -3.54. The molecule has 0 saturated heterocycles. The number of aromatic carboxylic acids is 1. The molecule has 0 aliphatic carbocycles. The molecule has 3 aromatic rings. The maximum atomic E-state index is 12.6. The van der Waals surface area contributed by atoms with Gasteiger partial charge in [0, 0.05) is 59.6 Å². The van der Waals surface area contributed by atoms with Gasteiger partial charge < -0.3 is 14.7 Å². The van der Waals surface area contributed by atoms with E-state index in [2.05, 4.69) is 100 Å². The molecule has 0 unspecified atom stereocenters. The van der Waals surface area contributed by atoms with Crippen LogP contribution in [0, 0.1) is 0 Å². The second-order valence-corrected chi connectivity index (χ2v) is 13.1. The Balaban J connectivity index is 1.78. The molecule has 1 N–H and O–H groups in total. The summed E-state index contributed by atoms with van der Waals surface area (Å²) in [6, 6.07) is 11.5. The number of ether oxygens (including phenoxy) is 1. The Labute approximate surface area is 256 Å². The molecule has 0 spiro atoms. The van der Waals surface area contributed by atoms with Gasteiger partial charge in [0.25, 0.3) is 0 Å². The van der Waals surface area contributed by atoms with Crippen LogP contribution in [0.3, 0.4) is 0 Å². The summed E-state index contributed by atoms with van der Waals surface area (Å²) >= 11 is 12.9. The fourth-order valence-corrected chi connectivity index (χ4v) is 7.28. The maximum absolute atomic E-state index is 12.6. The predicted molar refractivity (Wildman–Crippen MR) is 173 cm³/mol. The third kappa shape index (κ3) is 4.28. The van der Waals surface area contributed by atoms with Crippen LogP contribution < -0.4 is 24.8 Å². The molecule has 3 aliphatic heterocycles. The number of anilines is 1. The zero-order chi connectivity index (χ0) is 30.3. The molecule has 0 bridgehead atoms. The molecule has 3 aliphatic rings. The van der Waals surface area contributed by atoms with E-state index in [4.69, 9.17) is 27.9 Å². The Morgan fingerprint density at radius 1 is 0.952 bits per heavy atom. The van der Waals surface area contributed by atoms with Gasteiger partial charge >= 0.3 is 5.97 Å². The van der Waals surface area contributed by atoms with Crippen molar-refractivity contribution in [3.8, 4) is 11.5 Å². The van der Waals surface area contributed by atoms with E-state index in [1.807, 2.05) is 0 Å². The third-order valence-corrected chi connectivity index (χ3v) is 9.54. The summed E-state index contributed by atoms with van der Waals surface area (Å²) in [5.74, 6) is 0.278. The van der Waals surface area contributed by atoms with Crippen molar-refractivity contribution in [1.29, 1.82) is 0 Å². The van der Waals surface area contributed by atoms with E-state index in [1.165, 1.54) is 6.07 Å². The van der Waals surface area contributed by atoms with Crippen molar-refractivity contribution in [1.82, 2.24) is 4.58 Å². The highest BCUT2D eigenvalue weighted by Crippen LogP contribution is 2.47. The summed E-state index contributed by atoms with van der Waals surface area (Å²) in [4.78, 5) is 15.0. The number of likely N-dealkylation sites (N-methyl/N-ethyl adjacent to an activating group) is 2. The van der Waals surface area contributed by atoms with Crippen LogP contribution >= 0.6 is 23.2 Å². The van der Waals surface area contributed by atoms with E-state index in [0.29, 0.717) is 22.1 Å². The van der Waals surface area contributed by atoms with E-state index in [0.717, 1.165) is 57.2 Å². The van der Waals surface area contributed by atoms with Crippen LogP contribution in [0.4, 0.5) is 5.69 Å². The van der Waals surface area contributed by atoms with Crippen molar-refractivity contribution in [2.75, 3.05) is 18.0 Å². The molecular formula is C35H35Cl2N2O3+. The van der Waals surface area contributed by atoms with Gasteiger partial charge in [-0.05, 0) is 82.2 Å². The number of hydrogen-bond donors (Lipinski definition) is 1. The lowest BCUT2D eigenvalue weighted by atomic mass is 9.83. The molecule has 3 heterocycles. The fraction of sp³-hybridized carbons (Fsp3) is 0.314. The minimum Gasteiger partial charge on any atom is -0.478 e. The number of rotatable bonds is 4. The summed E-state index contributed by atoms with van der Waals surface area (Å²) in [5, 5.41) is 12.7. The van der Waals surface area contributed by atoms with Gasteiger partial charge in [0.05, 0.1) is 27.2 Å². The van der Waals surface area contributed by atoms with E-state index in [-0.39, 0.29) is 21.7 Å². The number of benzene rings is 3. The topological polar surface area (TPSA) is 52.8 Å². The number of carboxylic acids is 1. The van der Waals surface area contributed by atoms with Gasteiger partial charge in [-0.2, -0.15) is 0 Å². The number of halogens is 2. The number of allylic oxidation sites excluding steroid dienone is 1. The average Bonchev–Trinajstić information content (AvgIpc) is 2.91. The fourth-order valence-electron chi connectivity index (χ4n) is 6.95. The number of fused-ring (bicyclic) bond motifs is 4. The number of nitrogens with zero attached hydrogens (tertiary/aromatic N) is 2. The van der Waals surface area contributed by atoms with Crippen LogP contribution in [0.1, 0.15) is 81.1 Å². The zero-order valence-electron chi connectivity index (χ0n) is 25.0. The Kier molecular flexibility index (Phi) is 6.63. The summed E-state index contributed by atoms with van der Waals surface area (Å²) in [6.45, 7) is 16.9. The van der Waals surface area contributed by atoms with Crippen molar-refractivity contribution in [3.05, 3.63) is 97.0 Å². The highest BCUT2D eigenvalue weighted by Gasteiger charge is 2.35. The average molecular weight is 603 g/mol. The molecule has 6 rings (SSSR count). The molecule has 0 fully saturated rings. The molecule has 3 aromatic carbocycles. The zero-order valence-corrected chi connectivity index (χ0v) is 26.5. The molecule has 42 heavy (non-hydrogen) atoms. The van der Waals surface area contributed by atoms with Gasteiger partial charge in [0.1, 0.15) is 18.0 Å². The number of carboxylic acid groups (broad SMARTS) is 1. The van der Waals surface area contributed by atoms with Gasteiger partial charge in [-0.3, -0.25) is 0 Å². The van der Waals surface area contributed by atoms with Crippen LogP contribution in [0.25, 0.3) is 17.2 Å². The van der Waals surface area contributed by atoms with Crippen LogP contribution in [-0.4, -0.2) is 35.2 Å². The monoisotopic (exact) mass is 601 g/mol. The van der Waals surface area contributed by atoms with Crippen LogP contribution in [-0.2, 0) is 0 Å². The minimum atomic E-state index is -1.07. The number of hydrogen-bond acceptors (Lipinski definition) is 3. The van der Waals surface area contributed by atoms with E-state index < -0.39 is 5.97 Å². The van der Waals surface area contributed by atoms with Crippen LogP contribution in [0.15, 0.2) is 48.6 Å². The SMILES string of the molecule is CCN1c2cc3c(cc2C(C)=CC1(C)C)C(c1cc(Cl)c(Cl)cc1C(=O)O)=c1cc2c(cc1O3)=[N+](CC)C(C)(C)C=C2. The van der Waals surface area contributed by atoms with E-state index in [9.17, 15) is 9.90 Å². The van der Waals surface area contributed by atoms with Crippen LogP contribution in [0.2, 0.25) is 10.0 Å². The molecule has 7 heteroatoms. The first-order valence-corrected chi connectivity index (χ1v) is 15.1. The lowest BCUT2D eigenvalue weighted by Gasteiger charge is -2.43. The van der Waals surface area contributed by atoms with Gasteiger partial charge in [-0.25, -0.2) is 9.37 Å². The first-order chi connectivity index (χ1) is 19.8. The first-order valence-electron chi connectivity index (χ1n) is 14.4. The summed E-state index contributed by atoms with van der Waals surface area (Å²) < 4.78 is 9.10. The van der Waals surface area contributed by atoms with Crippen molar-refractivity contribution >= 4 is 52.1 Å². The lowest BCUT2D eigenvalue weighted by molar-refractivity contribution is 0.0696. The second-order valence-electron chi connectivity index (χ2n) is 12.3. The van der Waals surface area contributed by atoms with E-state index >= 15 is 0 Å². The molecule has 0 radical (unpaired) electrons. The molecule has 216 valence electrons. The lowest BCUT2D eigenvalue weighted by Crippen LogP contribution is -2.48. The standard InChI is InChI=1S/C35H34Cl2N2O3/c1-8-38-28-16-30-24(12-20(28)10-11-34(38,4)5)32(22-14-26(36)27(37)15-23(22)33(40)41)25-13-21-19(3)18-35(6,7)39(9-2)29(21)17-31(25)42-30/h10-18H,8-9H2,1-7H3/p+1. The van der Waals surface area contributed by atoms with Gasteiger partial charge in [-0.15, -0.1) is 0 Å². The predicted octanol–water partition coefficient (Wildman–Crippen LogP) is 7.38. The summed E-state index contributed by atoms with van der Waals surface area (Å²) in [5.41, 5.74) is 6.22. The quantitative estimate of drug-likeness (QED) is 0.248. The Morgan fingerprint density at radius 2 is 1.67 bits per heavy atom. The summed E-state index contributed by atoms with van der Waals surface area (Å²) in [7, 11) is 0. The van der Waals surface area contributed by atoms with Gasteiger partial charge in [-0.1, -0.05) is 29.3 Å². The minimum absolute atomic E-state index is 0.0871. The maximum Gasteiger partial charge on any atom is 0.336 e. The van der Waals surface area contributed by atoms with Gasteiger partial charge in [0.2, 0.25) is 5.36 Å². The highest BCUT2D eigenvalue weighted by atomic mass is 35.5. The first kappa shape index (κ1) is 28.6. The Morgan fingerprint density at radius 3 is 2.33 bits per heavy atom. The Bertz CT molecular complexity index is 1900. The molecular weight excluding hydrogens is 567 g/mol.